The number of hydrogen-bond donors (Lipinski definition) is 1. The highest BCUT2D eigenvalue weighted by molar-refractivity contribution is 6.07. The summed E-state index contributed by atoms with van der Waals surface area (Å²) in [6.45, 7) is 1.05. The van der Waals surface area contributed by atoms with E-state index < -0.39 is 0 Å². The molecule has 1 fully saturated rings. The fourth-order valence-electron chi connectivity index (χ4n) is 3.55. The van der Waals surface area contributed by atoms with Crippen LogP contribution in [-0.2, 0) is 27.5 Å². The van der Waals surface area contributed by atoms with Crippen molar-refractivity contribution in [3.05, 3.63) is 47.5 Å². The lowest BCUT2D eigenvalue weighted by Gasteiger charge is -2.14. The maximum absolute atomic E-state index is 12.4. The predicted molar refractivity (Wildman–Crippen MR) is 97.8 cm³/mol. The second-order valence-corrected chi connectivity index (χ2v) is 7.25. The summed E-state index contributed by atoms with van der Waals surface area (Å²) < 4.78 is 0. The number of allylic oxidation sites excluding steroid dienone is 2. The Morgan fingerprint density at radius 3 is 2.12 bits per heavy atom. The van der Waals surface area contributed by atoms with Crippen LogP contribution in [0.3, 0.4) is 0 Å². The Morgan fingerprint density at radius 2 is 1.58 bits per heavy atom. The zero-order valence-electron chi connectivity index (χ0n) is 15.3. The molecule has 6 heteroatoms. The van der Waals surface area contributed by atoms with Gasteiger partial charge in [-0.2, -0.15) is 0 Å². The van der Waals surface area contributed by atoms with Crippen LogP contribution in [0.15, 0.2) is 36.4 Å². The van der Waals surface area contributed by atoms with Crippen molar-refractivity contribution in [2.45, 2.75) is 25.9 Å². The van der Waals surface area contributed by atoms with Crippen molar-refractivity contribution in [2.24, 2.45) is 11.8 Å². The Labute approximate surface area is 153 Å². The monoisotopic (exact) mass is 355 g/mol. The van der Waals surface area contributed by atoms with Crippen molar-refractivity contribution in [3.8, 4) is 0 Å². The Morgan fingerprint density at radius 1 is 1.04 bits per heavy atom. The van der Waals surface area contributed by atoms with E-state index in [0.29, 0.717) is 19.4 Å². The van der Waals surface area contributed by atoms with Crippen molar-refractivity contribution in [1.29, 1.82) is 0 Å². The molecule has 1 heterocycles. The van der Waals surface area contributed by atoms with Crippen LogP contribution in [0.2, 0.25) is 0 Å². The Kier molecular flexibility index (Phi) is 5.52. The molecule has 3 rings (SSSR count). The van der Waals surface area contributed by atoms with Crippen molar-refractivity contribution in [2.75, 3.05) is 20.6 Å². The van der Waals surface area contributed by atoms with E-state index >= 15 is 0 Å². The number of carbonyl (C=O) groups is 3. The maximum atomic E-state index is 12.4. The largest absolute Gasteiger partial charge is 0.350 e. The second kappa shape index (κ2) is 7.83. The van der Waals surface area contributed by atoms with Gasteiger partial charge in [-0.3, -0.25) is 19.3 Å². The van der Waals surface area contributed by atoms with Gasteiger partial charge in [0.25, 0.3) is 0 Å². The van der Waals surface area contributed by atoms with Gasteiger partial charge in [0.15, 0.2) is 0 Å². The first-order chi connectivity index (χ1) is 12.5. The lowest BCUT2D eigenvalue weighted by Crippen LogP contribution is -2.40. The van der Waals surface area contributed by atoms with Gasteiger partial charge in [-0.1, -0.05) is 36.4 Å². The fourth-order valence-corrected chi connectivity index (χ4v) is 3.55. The third kappa shape index (κ3) is 4.02. The van der Waals surface area contributed by atoms with Gasteiger partial charge >= 0.3 is 0 Å². The number of nitrogens with zero attached hydrogens (tertiary/aromatic N) is 2. The molecule has 1 N–H and O–H groups in total. The molecule has 6 nitrogen and oxygen atoms in total. The molecular weight excluding hydrogens is 330 g/mol. The number of benzene rings is 1. The molecule has 0 saturated carbocycles. The quantitative estimate of drug-likeness (QED) is 0.617. The van der Waals surface area contributed by atoms with Crippen LogP contribution in [-0.4, -0.2) is 48.2 Å². The van der Waals surface area contributed by atoms with Crippen LogP contribution in [0.5, 0.6) is 0 Å². The molecule has 138 valence electrons. The standard InChI is InChI=1S/C20H25N3O3/c1-22(2)12-15-9-7-14(8-10-15)11-21-18(24)13-23-19(25)16-5-3-4-6-17(16)20(23)26/h3-4,7-10,16-17H,5-6,11-13H2,1-2H3,(H,21,24). The number of likely N-dealkylation sites (tertiary alicyclic amines) is 1. The van der Waals surface area contributed by atoms with Gasteiger partial charge in [0.1, 0.15) is 6.54 Å². The minimum Gasteiger partial charge on any atom is -0.350 e. The highest BCUT2D eigenvalue weighted by Crippen LogP contribution is 2.34. The van der Waals surface area contributed by atoms with Gasteiger partial charge in [0.05, 0.1) is 11.8 Å². The van der Waals surface area contributed by atoms with Crippen molar-refractivity contribution < 1.29 is 14.4 Å². The zero-order valence-corrected chi connectivity index (χ0v) is 15.3. The number of amides is 3. The van der Waals surface area contributed by atoms with E-state index in [2.05, 4.69) is 10.2 Å². The molecule has 2 atom stereocenters. The lowest BCUT2D eigenvalue weighted by molar-refractivity contribution is -0.143. The van der Waals surface area contributed by atoms with Gasteiger partial charge in [-0.25, -0.2) is 0 Å². The van der Waals surface area contributed by atoms with E-state index in [-0.39, 0.29) is 36.1 Å². The van der Waals surface area contributed by atoms with Gasteiger partial charge in [-0.05, 0) is 38.1 Å². The summed E-state index contributed by atoms with van der Waals surface area (Å²) in [7, 11) is 4.03. The minimum atomic E-state index is -0.310. The van der Waals surface area contributed by atoms with Crippen LogP contribution in [0.4, 0.5) is 0 Å². The van der Waals surface area contributed by atoms with E-state index in [1.54, 1.807) is 0 Å². The summed E-state index contributed by atoms with van der Waals surface area (Å²) in [6.07, 6.45) is 5.06. The van der Waals surface area contributed by atoms with Crippen molar-refractivity contribution in [3.63, 3.8) is 0 Å². The number of hydrogen-bond acceptors (Lipinski definition) is 4. The smallest absolute Gasteiger partial charge is 0.240 e. The van der Waals surface area contributed by atoms with Gasteiger partial charge in [0.2, 0.25) is 17.7 Å². The van der Waals surface area contributed by atoms with Gasteiger partial charge in [0, 0.05) is 13.1 Å². The second-order valence-electron chi connectivity index (χ2n) is 7.25. The summed E-state index contributed by atoms with van der Waals surface area (Å²) in [5.74, 6) is -1.31. The van der Waals surface area contributed by atoms with Gasteiger partial charge in [-0.15, -0.1) is 0 Å². The lowest BCUT2D eigenvalue weighted by atomic mass is 9.85. The highest BCUT2D eigenvalue weighted by atomic mass is 16.2. The van der Waals surface area contributed by atoms with Crippen molar-refractivity contribution >= 4 is 17.7 Å². The van der Waals surface area contributed by atoms with Crippen LogP contribution in [0.25, 0.3) is 0 Å². The molecule has 3 amide bonds. The molecule has 26 heavy (non-hydrogen) atoms. The third-order valence-corrected chi connectivity index (χ3v) is 4.91. The number of imide groups is 1. The number of carbonyl (C=O) groups excluding carboxylic acids is 3. The molecule has 0 spiro atoms. The third-order valence-electron chi connectivity index (χ3n) is 4.91. The summed E-state index contributed by atoms with van der Waals surface area (Å²) >= 11 is 0. The first kappa shape index (κ1) is 18.3. The zero-order chi connectivity index (χ0) is 18.7. The first-order valence-corrected chi connectivity index (χ1v) is 8.95. The predicted octanol–water partition coefficient (Wildman–Crippen LogP) is 1.32. The number of fused-ring (bicyclic) bond motifs is 1. The SMILES string of the molecule is CN(C)Cc1ccc(CNC(=O)CN2C(=O)C3CC=CCC3C2=O)cc1. The van der Waals surface area contributed by atoms with Gasteiger partial charge < -0.3 is 10.2 Å². The average molecular weight is 355 g/mol. The minimum absolute atomic E-state index is 0.191. The van der Waals surface area contributed by atoms with E-state index in [1.807, 2.05) is 50.5 Å². The first-order valence-electron chi connectivity index (χ1n) is 8.95. The van der Waals surface area contributed by atoms with E-state index in [1.165, 1.54) is 5.56 Å². The fraction of sp³-hybridized carbons (Fsp3) is 0.450. The van der Waals surface area contributed by atoms with E-state index in [9.17, 15) is 14.4 Å². The van der Waals surface area contributed by atoms with E-state index in [4.69, 9.17) is 0 Å². The summed E-state index contributed by atoms with van der Waals surface area (Å²) in [5.41, 5.74) is 2.19. The normalized spacial score (nSPS) is 22.0. The van der Waals surface area contributed by atoms with Crippen LogP contribution in [0, 0.1) is 11.8 Å². The molecular formula is C20H25N3O3. The topological polar surface area (TPSA) is 69.7 Å². The van der Waals surface area contributed by atoms with Crippen LogP contribution in [0.1, 0.15) is 24.0 Å². The van der Waals surface area contributed by atoms with E-state index in [0.717, 1.165) is 17.0 Å². The molecule has 1 aromatic rings. The van der Waals surface area contributed by atoms with Crippen molar-refractivity contribution in [1.82, 2.24) is 15.1 Å². The summed E-state index contributed by atoms with van der Waals surface area (Å²) in [6, 6.07) is 8.02. The van der Waals surface area contributed by atoms with Crippen LogP contribution < -0.4 is 5.32 Å². The molecule has 0 bridgehead atoms. The molecule has 1 aliphatic heterocycles. The summed E-state index contributed by atoms with van der Waals surface area (Å²) in [5, 5.41) is 2.80. The molecule has 0 radical (unpaired) electrons. The molecule has 1 aliphatic carbocycles. The number of nitrogens with one attached hydrogen (secondary N) is 1. The molecule has 2 unspecified atom stereocenters. The molecule has 1 saturated heterocycles. The average Bonchev–Trinajstić information content (AvgIpc) is 2.86. The highest BCUT2D eigenvalue weighted by Gasteiger charge is 2.47. The molecule has 0 aromatic heterocycles. The summed E-state index contributed by atoms with van der Waals surface area (Å²) in [4.78, 5) is 40.2. The Balaban J connectivity index is 1.51. The van der Waals surface area contributed by atoms with Crippen LogP contribution >= 0.6 is 0 Å². The number of rotatable bonds is 6. The maximum Gasteiger partial charge on any atom is 0.240 e. The molecule has 1 aromatic carbocycles. The Hall–Kier alpha value is -2.47. The Bertz CT molecular complexity index is 698. The molecule has 2 aliphatic rings.